The molecule has 2 aromatic carbocycles. The number of nitrogens with one attached hydrogen (secondary N) is 1. The Labute approximate surface area is 186 Å². The lowest BCUT2D eigenvalue weighted by Gasteiger charge is -2.27. The molecule has 0 spiro atoms. The summed E-state index contributed by atoms with van der Waals surface area (Å²) in [5.41, 5.74) is 5.47. The van der Waals surface area contributed by atoms with E-state index in [1.807, 2.05) is 64.1 Å². The molecular formula is C24H27N5O3. The minimum atomic E-state index is -0.448. The van der Waals surface area contributed by atoms with Crippen LogP contribution in [0.2, 0.25) is 0 Å². The molecule has 1 aliphatic rings. The van der Waals surface area contributed by atoms with Crippen molar-refractivity contribution >= 4 is 17.5 Å². The Morgan fingerprint density at radius 3 is 2.38 bits per heavy atom. The van der Waals surface area contributed by atoms with E-state index < -0.39 is 5.69 Å². The Kier molecular flexibility index (Phi) is 5.69. The van der Waals surface area contributed by atoms with E-state index in [1.54, 1.807) is 4.90 Å². The summed E-state index contributed by atoms with van der Waals surface area (Å²) in [5, 5.41) is 7.08. The van der Waals surface area contributed by atoms with E-state index in [1.165, 1.54) is 4.57 Å². The van der Waals surface area contributed by atoms with Gasteiger partial charge < -0.3 is 10.2 Å². The van der Waals surface area contributed by atoms with Crippen LogP contribution in [0.25, 0.3) is 0 Å². The van der Waals surface area contributed by atoms with Gasteiger partial charge in [-0.1, -0.05) is 42.0 Å². The second-order valence-electron chi connectivity index (χ2n) is 8.39. The molecule has 3 aromatic rings. The minimum Gasteiger partial charge on any atom is -0.330 e. The standard InChI is InChI=1S/C24H27N5O3/c1-15-11-17(3)21(18(4)12-15)25-20(30)14-29-24(32)28-10-9-27(23(31)22(28)26-29)13-19-8-6-5-7-16(19)2/h5-8,11-12H,9-10,13-14H2,1-4H3,(H,25,30). The number of benzene rings is 2. The lowest BCUT2D eigenvalue weighted by molar-refractivity contribution is -0.117. The minimum absolute atomic E-state index is 0.0744. The Bertz CT molecular complexity index is 1250. The molecule has 1 aromatic heterocycles. The zero-order valence-electron chi connectivity index (χ0n) is 18.8. The smallest absolute Gasteiger partial charge is 0.330 e. The summed E-state index contributed by atoms with van der Waals surface area (Å²) in [6.07, 6.45) is 0. The summed E-state index contributed by atoms with van der Waals surface area (Å²) < 4.78 is 2.42. The predicted octanol–water partition coefficient (Wildman–Crippen LogP) is 2.57. The molecule has 1 N–H and O–H groups in total. The van der Waals surface area contributed by atoms with Crippen molar-refractivity contribution in [2.75, 3.05) is 11.9 Å². The number of anilines is 1. The second kappa shape index (κ2) is 8.45. The molecule has 166 valence electrons. The maximum atomic E-state index is 13.0. The van der Waals surface area contributed by atoms with Crippen LogP contribution < -0.4 is 11.0 Å². The number of amides is 2. The largest absolute Gasteiger partial charge is 0.346 e. The lowest BCUT2D eigenvalue weighted by atomic mass is 10.1. The van der Waals surface area contributed by atoms with Crippen LogP contribution in [0.1, 0.15) is 38.4 Å². The molecular weight excluding hydrogens is 406 g/mol. The molecule has 1 aliphatic heterocycles. The predicted molar refractivity (Wildman–Crippen MR) is 122 cm³/mol. The molecule has 0 radical (unpaired) electrons. The van der Waals surface area contributed by atoms with Crippen LogP contribution in [-0.2, 0) is 24.4 Å². The summed E-state index contributed by atoms with van der Waals surface area (Å²) in [6, 6.07) is 11.9. The van der Waals surface area contributed by atoms with Gasteiger partial charge in [-0.2, -0.15) is 0 Å². The first kappa shape index (κ1) is 21.5. The fraction of sp³-hybridized carbons (Fsp3) is 0.333. The van der Waals surface area contributed by atoms with E-state index in [0.717, 1.165) is 38.2 Å². The van der Waals surface area contributed by atoms with Crippen molar-refractivity contribution < 1.29 is 9.59 Å². The van der Waals surface area contributed by atoms with E-state index in [4.69, 9.17) is 0 Å². The molecule has 4 rings (SSSR count). The number of aryl methyl sites for hydroxylation is 4. The summed E-state index contributed by atoms with van der Waals surface area (Å²) in [7, 11) is 0. The summed E-state index contributed by atoms with van der Waals surface area (Å²) >= 11 is 0. The van der Waals surface area contributed by atoms with E-state index >= 15 is 0 Å². The van der Waals surface area contributed by atoms with Crippen LogP contribution in [0.15, 0.2) is 41.2 Å². The molecule has 8 heteroatoms. The van der Waals surface area contributed by atoms with Crippen molar-refractivity contribution in [3.8, 4) is 0 Å². The van der Waals surface area contributed by atoms with Crippen molar-refractivity contribution in [3.05, 3.63) is 80.5 Å². The Morgan fingerprint density at radius 2 is 1.69 bits per heavy atom. The average molecular weight is 434 g/mol. The number of fused-ring (bicyclic) bond motifs is 1. The van der Waals surface area contributed by atoms with Crippen molar-refractivity contribution in [3.63, 3.8) is 0 Å². The highest BCUT2D eigenvalue weighted by atomic mass is 16.2. The molecule has 0 aliphatic carbocycles. The first-order chi connectivity index (χ1) is 15.2. The zero-order chi connectivity index (χ0) is 23.0. The summed E-state index contributed by atoms with van der Waals surface area (Å²) in [6.45, 7) is 8.83. The number of hydrogen-bond donors (Lipinski definition) is 1. The maximum absolute atomic E-state index is 13.0. The fourth-order valence-corrected chi connectivity index (χ4v) is 4.20. The number of aromatic nitrogens is 3. The van der Waals surface area contributed by atoms with Crippen LogP contribution >= 0.6 is 0 Å². The lowest BCUT2D eigenvalue weighted by Crippen LogP contribution is -2.42. The van der Waals surface area contributed by atoms with Gasteiger partial charge in [0.15, 0.2) is 0 Å². The molecule has 0 saturated carbocycles. The van der Waals surface area contributed by atoms with Gasteiger partial charge in [0.25, 0.3) is 5.91 Å². The topological polar surface area (TPSA) is 89.2 Å². The van der Waals surface area contributed by atoms with Gasteiger partial charge in [-0.25, -0.2) is 9.48 Å². The van der Waals surface area contributed by atoms with Crippen LogP contribution in [0, 0.1) is 27.7 Å². The molecule has 32 heavy (non-hydrogen) atoms. The van der Waals surface area contributed by atoms with E-state index in [2.05, 4.69) is 10.4 Å². The maximum Gasteiger partial charge on any atom is 0.346 e. The SMILES string of the molecule is Cc1cc(C)c(NC(=O)Cn2nc3n(c2=O)CCN(Cc2ccccc2C)C3=O)c(C)c1. The van der Waals surface area contributed by atoms with E-state index in [0.29, 0.717) is 19.6 Å². The first-order valence-corrected chi connectivity index (χ1v) is 10.6. The van der Waals surface area contributed by atoms with Crippen LogP contribution in [0.5, 0.6) is 0 Å². The monoisotopic (exact) mass is 433 g/mol. The fourth-order valence-electron chi connectivity index (χ4n) is 4.20. The van der Waals surface area contributed by atoms with Crippen molar-refractivity contribution in [1.29, 1.82) is 0 Å². The van der Waals surface area contributed by atoms with Gasteiger partial charge in [-0.15, -0.1) is 5.10 Å². The van der Waals surface area contributed by atoms with Gasteiger partial charge in [0.05, 0.1) is 0 Å². The van der Waals surface area contributed by atoms with Crippen LogP contribution in [0.3, 0.4) is 0 Å². The second-order valence-corrected chi connectivity index (χ2v) is 8.39. The van der Waals surface area contributed by atoms with Crippen molar-refractivity contribution in [2.24, 2.45) is 0 Å². The van der Waals surface area contributed by atoms with Crippen molar-refractivity contribution in [1.82, 2.24) is 19.2 Å². The molecule has 2 heterocycles. The van der Waals surface area contributed by atoms with Crippen molar-refractivity contribution in [2.45, 2.75) is 47.3 Å². The van der Waals surface area contributed by atoms with Gasteiger partial charge in [-0.05, 0) is 49.9 Å². The van der Waals surface area contributed by atoms with Crippen LogP contribution in [0.4, 0.5) is 5.69 Å². The highest BCUT2D eigenvalue weighted by Gasteiger charge is 2.30. The van der Waals surface area contributed by atoms with E-state index in [-0.39, 0.29) is 24.2 Å². The van der Waals surface area contributed by atoms with Crippen LogP contribution in [-0.4, -0.2) is 37.6 Å². The normalized spacial score (nSPS) is 13.2. The third-order valence-corrected chi connectivity index (χ3v) is 5.85. The Hall–Kier alpha value is -3.68. The Morgan fingerprint density at radius 1 is 1.00 bits per heavy atom. The van der Waals surface area contributed by atoms with Gasteiger partial charge in [0, 0.05) is 25.3 Å². The molecule has 8 nitrogen and oxygen atoms in total. The third-order valence-electron chi connectivity index (χ3n) is 5.85. The number of rotatable bonds is 5. The quantitative estimate of drug-likeness (QED) is 0.670. The number of hydrogen-bond acceptors (Lipinski definition) is 4. The van der Waals surface area contributed by atoms with Gasteiger partial charge >= 0.3 is 5.69 Å². The summed E-state index contributed by atoms with van der Waals surface area (Å²) in [4.78, 5) is 40.1. The third kappa shape index (κ3) is 4.08. The molecule has 0 bridgehead atoms. The molecule has 0 fully saturated rings. The van der Waals surface area contributed by atoms with Gasteiger partial charge in [0.1, 0.15) is 6.54 Å². The number of carbonyl (C=O) groups is 2. The van der Waals surface area contributed by atoms with Gasteiger partial charge in [-0.3, -0.25) is 14.2 Å². The van der Waals surface area contributed by atoms with Gasteiger partial charge in [0.2, 0.25) is 11.7 Å². The van der Waals surface area contributed by atoms with E-state index in [9.17, 15) is 14.4 Å². The molecule has 0 atom stereocenters. The molecule has 0 saturated heterocycles. The first-order valence-electron chi connectivity index (χ1n) is 10.6. The molecule has 0 unspecified atom stereocenters. The zero-order valence-corrected chi connectivity index (χ0v) is 18.8. The average Bonchev–Trinajstić information content (AvgIpc) is 3.04. The number of nitrogens with zero attached hydrogens (tertiary/aromatic N) is 4. The highest BCUT2D eigenvalue weighted by Crippen LogP contribution is 2.22. The highest BCUT2D eigenvalue weighted by molar-refractivity contribution is 5.93. The molecule has 2 amide bonds. The Balaban J connectivity index is 1.52. The summed E-state index contributed by atoms with van der Waals surface area (Å²) in [5.74, 6) is -0.590. The number of carbonyl (C=O) groups excluding carboxylic acids is 2.